The van der Waals surface area contributed by atoms with Gasteiger partial charge in [-0.1, -0.05) is 47.6 Å². The molecule has 5 N–H and O–H groups in total. The van der Waals surface area contributed by atoms with Crippen LogP contribution in [-0.2, 0) is 10.8 Å². The van der Waals surface area contributed by atoms with Crippen molar-refractivity contribution in [3.05, 3.63) is 34.5 Å². The van der Waals surface area contributed by atoms with Crippen LogP contribution in [0, 0.1) is 0 Å². The Morgan fingerprint density at radius 1 is 1.10 bits per heavy atom. The van der Waals surface area contributed by atoms with Crippen molar-refractivity contribution in [1.82, 2.24) is 0 Å². The van der Waals surface area contributed by atoms with Crippen LogP contribution < -0.4 is 11.5 Å². The van der Waals surface area contributed by atoms with E-state index < -0.39 is 0 Å². The Labute approximate surface area is 129 Å². The summed E-state index contributed by atoms with van der Waals surface area (Å²) in [5.41, 5.74) is 15.0. The molecule has 0 amide bonds. The molecule has 0 aliphatic carbocycles. The zero-order chi connectivity index (χ0) is 16.4. The summed E-state index contributed by atoms with van der Waals surface area (Å²) in [6.45, 7) is 13.3. The Balaban J connectivity index is 3.53. The Hall–Kier alpha value is -1.48. The van der Waals surface area contributed by atoms with Crippen molar-refractivity contribution in [2.45, 2.75) is 58.8 Å². The lowest BCUT2D eigenvalue weighted by atomic mass is 9.79. The summed E-state index contributed by atoms with van der Waals surface area (Å²) in [7, 11) is 0. The fraction of sp³-hybridized carbons (Fsp3) is 0.556. The van der Waals surface area contributed by atoms with Crippen molar-refractivity contribution in [1.29, 1.82) is 0 Å². The second-order valence-corrected chi connectivity index (χ2v) is 7.72. The first-order valence-corrected chi connectivity index (χ1v) is 7.51. The van der Waals surface area contributed by atoms with Crippen LogP contribution in [0.3, 0.4) is 0 Å². The quantitative estimate of drug-likeness (QED) is 0.796. The standard InChI is InChI=1S/C18H30N2O/c1-17(2,3)13-9-12(10-14(20)7-8-19)16(21)15(11-13)18(4,5)6/h9-11,21H,7-8,19-20H2,1-6H3. The highest BCUT2D eigenvalue weighted by Gasteiger charge is 2.24. The molecule has 0 aliphatic heterocycles. The van der Waals surface area contributed by atoms with E-state index in [1.54, 1.807) is 0 Å². The molecule has 1 aromatic rings. The highest BCUT2D eigenvalue weighted by atomic mass is 16.3. The molecule has 0 unspecified atom stereocenters. The van der Waals surface area contributed by atoms with E-state index in [-0.39, 0.29) is 10.8 Å². The summed E-state index contributed by atoms with van der Waals surface area (Å²) in [4.78, 5) is 0. The highest BCUT2D eigenvalue weighted by molar-refractivity contribution is 5.64. The van der Waals surface area contributed by atoms with E-state index >= 15 is 0 Å². The van der Waals surface area contributed by atoms with Crippen molar-refractivity contribution < 1.29 is 5.11 Å². The predicted molar refractivity (Wildman–Crippen MR) is 91.3 cm³/mol. The molecule has 3 heteroatoms. The minimum Gasteiger partial charge on any atom is -0.507 e. The zero-order valence-electron chi connectivity index (χ0n) is 14.2. The average molecular weight is 290 g/mol. The number of benzene rings is 1. The molecule has 0 saturated heterocycles. The molecule has 1 rings (SSSR count). The SMILES string of the molecule is CC(C)(C)c1cc(C=C(N)CCN)c(O)c(C(C)(C)C)c1. The smallest absolute Gasteiger partial charge is 0.126 e. The summed E-state index contributed by atoms with van der Waals surface area (Å²) >= 11 is 0. The third kappa shape index (κ3) is 4.50. The molecule has 0 atom stereocenters. The molecule has 0 aromatic heterocycles. The van der Waals surface area contributed by atoms with Gasteiger partial charge in [-0.15, -0.1) is 0 Å². The van der Waals surface area contributed by atoms with E-state index in [1.165, 1.54) is 5.56 Å². The van der Waals surface area contributed by atoms with Crippen LogP contribution >= 0.6 is 0 Å². The maximum Gasteiger partial charge on any atom is 0.126 e. The van der Waals surface area contributed by atoms with E-state index in [0.717, 1.165) is 11.1 Å². The van der Waals surface area contributed by atoms with Gasteiger partial charge in [0, 0.05) is 16.8 Å². The van der Waals surface area contributed by atoms with E-state index in [9.17, 15) is 5.11 Å². The Morgan fingerprint density at radius 3 is 2.10 bits per heavy atom. The van der Waals surface area contributed by atoms with Crippen LogP contribution in [0.25, 0.3) is 6.08 Å². The van der Waals surface area contributed by atoms with Crippen molar-refractivity contribution in [2.24, 2.45) is 11.5 Å². The van der Waals surface area contributed by atoms with Gasteiger partial charge >= 0.3 is 0 Å². The maximum absolute atomic E-state index is 10.6. The van der Waals surface area contributed by atoms with Gasteiger partial charge in [0.1, 0.15) is 5.75 Å². The van der Waals surface area contributed by atoms with Gasteiger partial charge in [0.05, 0.1) is 0 Å². The molecular weight excluding hydrogens is 260 g/mol. The highest BCUT2D eigenvalue weighted by Crippen LogP contribution is 2.38. The maximum atomic E-state index is 10.6. The van der Waals surface area contributed by atoms with Gasteiger partial charge in [-0.2, -0.15) is 0 Å². The van der Waals surface area contributed by atoms with E-state index in [1.807, 2.05) is 12.1 Å². The molecule has 0 fully saturated rings. The molecule has 3 nitrogen and oxygen atoms in total. The summed E-state index contributed by atoms with van der Waals surface area (Å²) < 4.78 is 0. The second-order valence-electron chi connectivity index (χ2n) is 7.72. The zero-order valence-corrected chi connectivity index (χ0v) is 14.2. The molecule has 0 radical (unpaired) electrons. The molecule has 0 bridgehead atoms. The van der Waals surface area contributed by atoms with Crippen LogP contribution in [-0.4, -0.2) is 11.7 Å². The van der Waals surface area contributed by atoms with Gasteiger partial charge in [-0.05, 0) is 41.5 Å². The molecule has 1 aromatic carbocycles. The van der Waals surface area contributed by atoms with Crippen LogP contribution in [0.5, 0.6) is 5.75 Å². The summed E-state index contributed by atoms with van der Waals surface area (Å²) in [6, 6.07) is 4.12. The first-order chi connectivity index (χ1) is 9.46. The third-order valence-corrected chi connectivity index (χ3v) is 3.59. The topological polar surface area (TPSA) is 72.3 Å². The monoisotopic (exact) mass is 290 g/mol. The number of phenols is 1. The lowest BCUT2D eigenvalue weighted by Gasteiger charge is -2.27. The Kier molecular flexibility index (Phi) is 5.11. The van der Waals surface area contributed by atoms with Crippen LogP contribution in [0.2, 0.25) is 0 Å². The lowest BCUT2D eigenvalue weighted by molar-refractivity contribution is 0.443. The number of hydrogen-bond acceptors (Lipinski definition) is 3. The van der Waals surface area contributed by atoms with Crippen molar-refractivity contribution in [2.75, 3.05) is 6.54 Å². The molecule has 0 saturated carbocycles. The number of nitrogens with two attached hydrogens (primary N) is 2. The van der Waals surface area contributed by atoms with Crippen LogP contribution in [0.15, 0.2) is 17.8 Å². The number of rotatable bonds is 3. The van der Waals surface area contributed by atoms with Gasteiger partial charge < -0.3 is 16.6 Å². The number of hydrogen-bond donors (Lipinski definition) is 3. The van der Waals surface area contributed by atoms with E-state index in [0.29, 0.717) is 24.4 Å². The predicted octanol–water partition coefficient (Wildman–Crippen LogP) is 3.64. The Bertz CT molecular complexity index is 531. The third-order valence-electron chi connectivity index (χ3n) is 3.59. The van der Waals surface area contributed by atoms with Gasteiger partial charge in [-0.3, -0.25) is 0 Å². The Morgan fingerprint density at radius 2 is 1.67 bits per heavy atom. The fourth-order valence-electron chi connectivity index (χ4n) is 2.21. The minimum atomic E-state index is -0.128. The molecule has 118 valence electrons. The van der Waals surface area contributed by atoms with Gasteiger partial charge in [-0.25, -0.2) is 0 Å². The normalized spacial score (nSPS) is 13.6. The lowest BCUT2D eigenvalue weighted by Crippen LogP contribution is -2.17. The average Bonchev–Trinajstić information content (AvgIpc) is 2.28. The molecule has 0 heterocycles. The van der Waals surface area contributed by atoms with E-state index in [4.69, 9.17) is 11.5 Å². The first-order valence-electron chi connectivity index (χ1n) is 7.51. The minimum absolute atomic E-state index is 0.0128. The summed E-state index contributed by atoms with van der Waals surface area (Å²) in [5, 5.41) is 10.6. The summed E-state index contributed by atoms with van der Waals surface area (Å²) in [5.74, 6) is 0.315. The second kappa shape index (κ2) is 6.10. The van der Waals surface area contributed by atoms with Crippen molar-refractivity contribution in [3.8, 4) is 5.75 Å². The fourth-order valence-corrected chi connectivity index (χ4v) is 2.21. The van der Waals surface area contributed by atoms with Crippen molar-refractivity contribution in [3.63, 3.8) is 0 Å². The van der Waals surface area contributed by atoms with Gasteiger partial charge in [0.15, 0.2) is 0 Å². The van der Waals surface area contributed by atoms with Gasteiger partial charge in [0.25, 0.3) is 0 Å². The molecule has 0 spiro atoms. The van der Waals surface area contributed by atoms with Crippen LogP contribution in [0.1, 0.15) is 64.7 Å². The largest absolute Gasteiger partial charge is 0.507 e. The van der Waals surface area contributed by atoms with E-state index in [2.05, 4.69) is 47.6 Å². The number of aromatic hydroxyl groups is 1. The van der Waals surface area contributed by atoms with Crippen LogP contribution in [0.4, 0.5) is 0 Å². The molecule has 0 aliphatic rings. The number of phenolic OH excluding ortho intramolecular Hbond substituents is 1. The van der Waals surface area contributed by atoms with Gasteiger partial charge in [0.2, 0.25) is 0 Å². The van der Waals surface area contributed by atoms with Crippen molar-refractivity contribution >= 4 is 6.08 Å². The summed E-state index contributed by atoms with van der Waals surface area (Å²) in [6.07, 6.45) is 2.47. The molecular formula is C18H30N2O. The first kappa shape index (κ1) is 17.6. The molecule has 21 heavy (non-hydrogen) atoms.